The van der Waals surface area contributed by atoms with E-state index >= 15 is 0 Å². The number of nitrogens with one attached hydrogen (secondary N) is 1. The lowest BCUT2D eigenvalue weighted by Gasteiger charge is -2.15. The molecule has 0 spiro atoms. The molecule has 1 fully saturated rings. The average Bonchev–Trinajstić information content (AvgIpc) is 2.85. The Hall–Kier alpha value is -1.64. The van der Waals surface area contributed by atoms with Crippen LogP contribution in [-0.4, -0.2) is 25.7 Å². The number of anilines is 1. The Morgan fingerprint density at radius 1 is 1.42 bits per heavy atom. The molecule has 5 nitrogen and oxygen atoms in total. The molecule has 3 rings (SSSR count). The zero-order chi connectivity index (χ0) is 13.5. The molecule has 0 amide bonds. The summed E-state index contributed by atoms with van der Waals surface area (Å²) in [5.41, 5.74) is -0.131. The lowest BCUT2D eigenvalue weighted by Crippen LogP contribution is -2.27. The molecule has 0 unspecified atom stereocenters. The van der Waals surface area contributed by atoms with Gasteiger partial charge in [-0.3, -0.25) is 4.68 Å². The molecule has 19 heavy (non-hydrogen) atoms. The highest BCUT2D eigenvalue weighted by Crippen LogP contribution is 2.43. The number of alkyl halides is 3. The molecule has 0 saturated heterocycles. The van der Waals surface area contributed by atoms with E-state index in [2.05, 4.69) is 19.8 Å². The van der Waals surface area contributed by atoms with Crippen molar-refractivity contribution in [3.05, 3.63) is 24.3 Å². The quantitative estimate of drug-likeness (QED) is 0.938. The summed E-state index contributed by atoms with van der Waals surface area (Å²) in [6.45, 7) is 0.501. The fourth-order valence-corrected chi connectivity index (χ4v) is 2.41. The highest BCUT2D eigenvalue weighted by Gasteiger charge is 2.45. The Kier molecular flexibility index (Phi) is 2.73. The zero-order valence-electron chi connectivity index (χ0n) is 9.68. The second-order valence-corrected chi connectivity index (χ2v) is 5.20. The molecule has 1 aliphatic carbocycles. The van der Waals surface area contributed by atoms with E-state index in [9.17, 15) is 13.2 Å². The number of halogens is 3. The van der Waals surface area contributed by atoms with Gasteiger partial charge < -0.3 is 5.32 Å². The van der Waals surface area contributed by atoms with Gasteiger partial charge in [0.05, 0.1) is 5.54 Å². The summed E-state index contributed by atoms with van der Waals surface area (Å²) in [4.78, 5) is 3.44. The van der Waals surface area contributed by atoms with Gasteiger partial charge >= 0.3 is 6.18 Å². The molecule has 0 radical (unpaired) electrons. The first-order chi connectivity index (χ1) is 9.00. The molecular formula is C10H10F3N5S. The van der Waals surface area contributed by atoms with Crippen LogP contribution < -0.4 is 5.32 Å². The minimum Gasteiger partial charge on any atom is -0.358 e. The topological polar surface area (TPSA) is 55.6 Å². The molecule has 0 aromatic carbocycles. The van der Waals surface area contributed by atoms with E-state index in [1.807, 2.05) is 16.9 Å². The smallest absolute Gasteiger partial charge is 0.358 e. The van der Waals surface area contributed by atoms with Crippen LogP contribution in [0.25, 0.3) is 0 Å². The maximum Gasteiger partial charge on any atom is 0.452 e. The maximum atomic E-state index is 12.4. The highest BCUT2D eigenvalue weighted by atomic mass is 32.1. The summed E-state index contributed by atoms with van der Waals surface area (Å²) in [6.07, 6.45) is 0.956. The van der Waals surface area contributed by atoms with Gasteiger partial charge in [0.2, 0.25) is 11.0 Å². The summed E-state index contributed by atoms with van der Waals surface area (Å²) in [7, 11) is 0. The van der Waals surface area contributed by atoms with Crippen molar-refractivity contribution in [3.63, 3.8) is 0 Å². The first-order valence-corrected chi connectivity index (χ1v) is 6.42. The third kappa shape index (κ3) is 2.42. The van der Waals surface area contributed by atoms with E-state index in [0.29, 0.717) is 6.54 Å². The van der Waals surface area contributed by atoms with E-state index in [1.54, 1.807) is 6.20 Å². The largest absolute Gasteiger partial charge is 0.452 e. The molecule has 2 heterocycles. The standard InChI is InChI=1S/C10H10F3N5S/c11-10(12,13)7-16-8(19-17-7)14-6-9(2-3-9)18-5-1-4-15-18/h1,4-5H,2-3,6H2,(H,14,16,17). The van der Waals surface area contributed by atoms with Crippen LogP contribution in [0.3, 0.4) is 0 Å². The predicted molar refractivity (Wildman–Crippen MR) is 62.8 cm³/mol. The van der Waals surface area contributed by atoms with Crippen molar-refractivity contribution in [2.75, 3.05) is 11.9 Å². The van der Waals surface area contributed by atoms with Crippen LogP contribution in [0.1, 0.15) is 18.7 Å². The van der Waals surface area contributed by atoms with Crippen molar-refractivity contribution in [1.82, 2.24) is 19.1 Å². The maximum absolute atomic E-state index is 12.4. The lowest BCUT2D eigenvalue weighted by atomic mass is 10.3. The van der Waals surface area contributed by atoms with Gasteiger partial charge in [0.1, 0.15) is 0 Å². The minimum absolute atomic E-state index is 0.131. The molecule has 2 aromatic rings. The fourth-order valence-electron chi connectivity index (χ4n) is 1.83. The van der Waals surface area contributed by atoms with Gasteiger partial charge in [-0.15, -0.1) is 0 Å². The number of hydrogen-bond acceptors (Lipinski definition) is 5. The van der Waals surface area contributed by atoms with Crippen LogP contribution in [0.4, 0.5) is 18.3 Å². The van der Waals surface area contributed by atoms with Crippen molar-refractivity contribution in [2.24, 2.45) is 0 Å². The van der Waals surface area contributed by atoms with E-state index in [1.165, 1.54) is 0 Å². The van der Waals surface area contributed by atoms with Gasteiger partial charge in [-0.05, 0) is 18.9 Å². The molecule has 0 bridgehead atoms. The van der Waals surface area contributed by atoms with Crippen molar-refractivity contribution in [1.29, 1.82) is 0 Å². The molecule has 1 N–H and O–H groups in total. The molecule has 1 aliphatic rings. The van der Waals surface area contributed by atoms with E-state index in [-0.39, 0.29) is 10.7 Å². The number of nitrogens with zero attached hydrogens (tertiary/aromatic N) is 4. The van der Waals surface area contributed by atoms with E-state index in [0.717, 1.165) is 24.4 Å². The Morgan fingerprint density at radius 3 is 2.74 bits per heavy atom. The lowest BCUT2D eigenvalue weighted by molar-refractivity contribution is -0.144. The molecule has 0 aliphatic heterocycles. The van der Waals surface area contributed by atoms with Crippen LogP contribution >= 0.6 is 11.5 Å². The molecule has 9 heteroatoms. The Bertz CT molecular complexity index is 558. The predicted octanol–water partition coefficient (Wildman–Crippen LogP) is 2.35. The highest BCUT2D eigenvalue weighted by molar-refractivity contribution is 7.09. The van der Waals surface area contributed by atoms with Gasteiger partial charge in [0.25, 0.3) is 0 Å². The number of hydrogen-bond donors (Lipinski definition) is 1. The Labute approximate surface area is 110 Å². The van der Waals surface area contributed by atoms with Crippen LogP contribution in [-0.2, 0) is 11.7 Å². The summed E-state index contributed by atoms with van der Waals surface area (Å²) in [6, 6.07) is 1.83. The van der Waals surface area contributed by atoms with Crippen LogP contribution in [0, 0.1) is 0 Å². The number of rotatable bonds is 4. The Morgan fingerprint density at radius 2 is 2.21 bits per heavy atom. The van der Waals surface area contributed by atoms with Crippen LogP contribution in [0.15, 0.2) is 18.5 Å². The SMILES string of the molecule is FC(F)(F)c1nsc(NCC2(n3cccn3)CC2)n1. The first-order valence-electron chi connectivity index (χ1n) is 5.65. The molecule has 102 valence electrons. The third-order valence-electron chi connectivity index (χ3n) is 3.07. The normalized spacial score (nSPS) is 17.4. The summed E-state index contributed by atoms with van der Waals surface area (Å²) in [5.74, 6) is -1.09. The van der Waals surface area contributed by atoms with Crippen LogP contribution in [0.2, 0.25) is 0 Å². The second-order valence-electron chi connectivity index (χ2n) is 4.45. The van der Waals surface area contributed by atoms with Gasteiger partial charge in [-0.25, -0.2) is 0 Å². The van der Waals surface area contributed by atoms with Crippen molar-refractivity contribution in [2.45, 2.75) is 24.6 Å². The zero-order valence-corrected chi connectivity index (χ0v) is 10.5. The van der Waals surface area contributed by atoms with Gasteiger partial charge in [0.15, 0.2) is 0 Å². The molecule has 0 atom stereocenters. The first kappa shape index (κ1) is 12.4. The van der Waals surface area contributed by atoms with Crippen LogP contribution in [0.5, 0.6) is 0 Å². The van der Waals surface area contributed by atoms with Gasteiger partial charge in [-0.2, -0.15) is 27.6 Å². The summed E-state index contributed by atoms with van der Waals surface area (Å²) >= 11 is 0.720. The Balaban J connectivity index is 1.66. The number of aromatic nitrogens is 4. The molecule has 2 aromatic heterocycles. The molecular weight excluding hydrogens is 279 g/mol. The van der Waals surface area contributed by atoms with Crippen molar-refractivity contribution in [3.8, 4) is 0 Å². The average molecular weight is 289 g/mol. The summed E-state index contributed by atoms with van der Waals surface area (Å²) in [5, 5.41) is 7.27. The fraction of sp³-hybridized carbons (Fsp3) is 0.500. The van der Waals surface area contributed by atoms with Gasteiger partial charge in [-0.1, -0.05) is 0 Å². The second kappa shape index (κ2) is 4.19. The monoisotopic (exact) mass is 289 g/mol. The minimum atomic E-state index is -4.49. The van der Waals surface area contributed by atoms with E-state index in [4.69, 9.17) is 0 Å². The summed E-state index contributed by atoms with van der Waals surface area (Å²) < 4.78 is 42.2. The van der Waals surface area contributed by atoms with Crippen molar-refractivity contribution >= 4 is 16.7 Å². The van der Waals surface area contributed by atoms with E-state index < -0.39 is 12.0 Å². The third-order valence-corrected chi connectivity index (χ3v) is 3.74. The van der Waals surface area contributed by atoms with Crippen molar-refractivity contribution < 1.29 is 13.2 Å². The molecule has 1 saturated carbocycles. The van der Waals surface area contributed by atoms with Gasteiger partial charge in [0, 0.05) is 30.5 Å².